The van der Waals surface area contributed by atoms with Gasteiger partial charge in [0.05, 0.1) is 17.9 Å². The van der Waals surface area contributed by atoms with Gasteiger partial charge < -0.3 is 5.32 Å². The predicted molar refractivity (Wildman–Crippen MR) is 93.7 cm³/mol. The summed E-state index contributed by atoms with van der Waals surface area (Å²) >= 11 is 0. The normalized spacial score (nSPS) is 15.8. The van der Waals surface area contributed by atoms with Gasteiger partial charge in [0.15, 0.2) is 5.65 Å². The average Bonchev–Trinajstić information content (AvgIpc) is 3.22. The van der Waals surface area contributed by atoms with E-state index in [2.05, 4.69) is 20.5 Å². The summed E-state index contributed by atoms with van der Waals surface area (Å²) in [4.78, 5) is 17.0. The van der Waals surface area contributed by atoms with Crippen molar-refractivity contribution in [1.29, 1.82) is 0 Å². The van der Waals surface area contributed by atoms with Crippen molar-refractivity contribution in [1.82, 2.24) is 29.7 Å². The lowest BCUT2D eigenvalue weighted by Crippen LogP contribution is -2.27. The van der Waals surface area contributed by atoms with Crippen molar-refractivity contribution in [3.8, 4) is 0 Å². The Morgan fingerprint density at radius 1 is 1.39 bits per heavy atom. The lowest BCUT2D eigenvalue weighted by molar-refractivity contribution is -0.142. The molecule has 28 heavy (non-hydrogen) atoms. The first-order chi connectivity index (χ1) is 13.3. The van der Waals surface area contributed by atoms with Crippen LogP contribution in [0.3, 0.4) is 0 Å². The van der Waals surface area contributed by atoms with Crippen LogP contribution >= 0.6 is 0 Å². The van der Waals surface area contributed by atoms with Crippen molar-refractivity contribution >= 4 is 11.6 Å². The monoisotopic (exact) mass is 392 g/mol. The lowest BCUT2D eigenvalue weighted by atomic mass is 10.2. The number of amides is 1. The Morgan fingerprint density at radius 2 is 2.14 bits per heavy atom. The van der Waals surface area contributed by atoms with Crippen molar-refractivity contribution in [3.05, 3.63) is 47.2 Å². The van der Waals surface area contributed by atoms with E-state index in [1.54, 1.807) is 23.9 Å². The second-order valence-electron chi connectivity index (χ2n) is 6.92. The Morgan fingerprint density at radius 3 is 2.75 bits per heavy atom. The number of carbonyl (C=O) groups excluding carboxylic acids is 1. The van der Waals surface area contributed by atoms with Gasteiger partial charge in [0, 0.05) is 24.4 Å². The minimum absolute atomic E-state index is 0.00819. The van der Waals surface area contributed by atoms with Gasteiger partial charge in [0.1, 0.15) is 11.3 Å². The van der Waals surface area contributed by atoms with E-state index < -0.39 is 23.8 Å². The number of nitrogens with one attached hydrogen (secondary N) is 1. The van der Waals surface area contributed by atoms with Crippen LogP contribution in [0.15, 0.2) is 24.5 Å². The Balaban J connectivity index is 1.68. The van der Waals surface area contributed by atoms with Crippen LogP contribution in [0.4, 0.5) is 13.2 Å². The number of alkyl halides is 3. The fourth-order valence-corrected chi connectivity index (χ4v) is 3.06. The highest BCUT2D eigenvalue weighted by Gasteiger charge is 2.38. The topological polar surface area (TPSA) is 77.1 Å². The van der Waals surface area contributed by atoms with Crippen molar-refractivity contribution in [3.63, 3.8) is 0 Å². The molecular weight excluding hydrogens is 373 g/mol. The van der Waals surface area contributed by atoms with Crippen LogP contribution < -0.4 is 5.32 Å². The van der Waals surface area contributed by atoms with Crippen molar-refractivity contribution in [2.75, 3.05) is 0 Å². The lowest BCUT2D eigenvalue weighted by Gasteiger charge is -2.12. The molecule has 0 aliphatic heterocycles. The first kappa shape index (κ1) is 18.5. The van der Waals surface area contributed by atoms with Gasteiger partial charge >= 0.3 is 6.18 Å². The Labute approximate surface area is 158 Å². The first-order valence-corrected chi connectivity index (χ1v) is 9.08. The van der Waals surface area contributed by atoms with Gasteiger partial charge in [-0.25, -0.2) is 9.50 Å². The molecule has 0 bridgehead atoms. The van der Waals surface area contributed by atoms with E-state index in [1.807, 2.05) is 6.92 Å². The molecule has 1 aliphatic rings. The van der Waals surface area contributed by atoms with E-state index in [0.717, 1.165) is 25.1 Å². The molecule has 3 aromatic rings. The summed E-state index contributed by atoms with van der Waals surface area (Å²) in [5.41, 5.74) is 0.0156. The number of hydrogen-bond donors (Lipinski definition) is 1. The van der Waals surface area contributed by atoms with E-state index in [1.165, 1.54) is 0 Å². The summed E-state index contributed by atoms with van der Waals surface area (Å²) in [6.45, 7) is 4.40. The molecule has 1 aliphatic carbocycles. The third kappa shape index (κ3) is 3.34. The maximum Gasteiger partial charge on any atom is 0.433 e. The Hall–Kier alpha value is -2.91. The quantitative estimate of drug-likeness (QED) is 0.723. The average molecular weight is 392 g/mol. The fraction of sp³-hybridized carbons (Fsp3) is 0.444. The molecule has 1 saturated carbocycles. The molecule has 1 atom stereocenters. The zero-order chi connectivity index (χ0) is 20.1. The van der Waals surface area contributed by atoms with Crippen LogP contribution in [0.1, 0.15) is 66.1 Å². The zero-order valence-electron chi connectivity index (χ0n) is 15.4. The number of aryl methyl sites for hydroxylation is 1. The number of nitrogens with zero attached hydrogens (tertiary/aromatic N) is 5. The van der Waals surface area contributed by atoms with Gasteiger partial charge in [-0.3, -0.25) is 9.48 Å². The number of halogens is 3. The molecule has 0 spiro atoms. The summed E-state index contributed by atoms with van der Waals surface area (Å²) in [6.07, 6.45) is -0.0707. The largest absolute Gasteiger partial charge is 0.433 e. The molecule has 1 fully saturated rings. The summed E-state index contributed by atoms with van der Waals surface area (Å²) in [5.74, 6) is -0.532. The second kappa shape index (κ2) is 6.61. The standard InChI is InChI=1S/C18H19F3N6O/c1-3-26-7-6-13(25-26)10(2)23-17(28)12-9-22-27-15(18(19,20)21)8-14(11-4-5-11)24-16(12)27/h6-11H,3-5H2,1-2H3,(H,23,28). The highest BCUT2D eigenvalue weighted by Crippen LogP contribution is 2.41. The van der Waals surface area contributed by atoms with E-state index in [0.29, 0.717) is 22.4 Å². The predicted octanol–water partition coefficient (Wildman–Crippen LogP) is 3.33. The third-order valence-corrected chi connectivity index (χ3v) is 4.80. The minimum Gasteiger partial charge on any atom is -0.344 e. The number of hydrogen-bond acceptors (Lipinski definition) is 4. The van der Waals surface area contributed by atoms with Crippen molar-refractivity contribution < 1.29 is 18.0 Å². The number of carbonyl (C=O) groups is 1. The van der Waals surface area contributed by atoms with Gasteiger partial charge in [-0.1, -0.05) is 0 Å². The maximum absolute atomic E-state index is 13.5. The van der Waals surface area contributed by atoms with Crippen LogP contribution in [-0.2, 0) is 12.7 Å². The third-order valence-electron chi connectivity index (χ3n) is 4.80. The molecule has 1 unspecified atom stereocenters. The Kier molecular flexibility index (Phi) is 4.35. The molecular formula is C18H19F3N6O. The van der Waals surface area contributed by atoms with Crippen LogP contribution in [0, 0.1) is 0 Å². The first-order valence-electron chi connectivity index (χ1n) is 9.08. The number of fused-ring (bicyclic) bond motifs is 1. The van der Waals surface area contributed by atoms with Gasteiger partial charge in [0.2, 0.25) is 0 Å². The SMILES string of the molecule is CCn1ccc(C(C)NC(=O)c2cnn3c(C(F)(F)F)cc(C4CC4)nc23)n1. The van der Waals surface area contributed by atoms with Crippen LogP contribution in [0.2, 0.25) is 0 Å². The van der Waals surface area contributed by atoms with Crippen molar-refractivity contribution in [2.45, 2.75) is 51.4 Å². The second-order valence-corrected chi connectivity index (χ2v) is 6.92. The fourth-order valence-electron chi connectivity index (χ4n) is 3.06. The van der Waals surface area contributed by atoms with Crippen LogP contribution in [0.25, 0.3) is 5.65 Å². The molecule has 10 heteroatoms. The van der Waals surface area contributed by atoms with E-state index in [9.17, 15) is 18.0 Å². The minimum atomic E-state index is -4.59. The highest BCUT2D eigenvalue weighted by molar-refractivity contribution is 5.99. The Bertz CT molecular complexity index is 1030. The van der Waals surface area contributed by atoms with Gasteiger partial charge in [-0.15, -0.1) is 0 Å². The summed E-state index contributed by atoms with van der Waals surface area (Å²) in [6, 6.07) is 2.40. The molecule has 3 heterocycles. The highest BCUT2D eigenvalue weighted by atomic mass is 19.4. The molecule has 0 aromatic carbocycles. The van der Waals surface area contributed by atoms with E-state index in [4.69, 9.17) is 0 Å². The van der Waals surface area contributed by atoms with Gasteiger partial charge in [-0.2, -0.15) is 23.4 Å². The molecule has 0 radical (unpaired) electrons. The molecule has 0 saturated heterocycles. The molecule has 4 rings (SSSR count). The number of rotatable bonds is 5. The molecule has 7 nitrogen and oxygen atoms in total. The molecule has 1 N–H and O–H groups in total. The molecule has 3 aromatic heterocycles. The molecule has 1 amide bonds. The van der Waals surface area contributed by atoms with E-state index in [-0.39, 0.29) is 17.1 Å². The summed E-state index contributed by atoms with van der Waals surface area (Å²) < 4.78 is 42.8. The van der Waals surface area contributed by atoms with Crippen molar-refractivity contribution in [2.24, 2.45) is 0 Å². The molecule has 148 valence electrons. The van der Waals surface area contributed by atoms with Gasteiger partial charge in [0.25, 0.3) is 5.91 Å². The number of aromatic nitrogens is 5. The van der Waals surface area contributed by atoms with Crippen LogP contribution in [-0.4, -0.2) is 30.3 Å². The summed E-state index contributed by atoms with van der Waals surface area (Å²) in [7, 11) is 0. The smallest absolute Gasteiger partial charge is 0.344 e. The van der Waals surface area contributed by atoms with Gasteiger partial charge in [-0.05, 0) is 38.8 Å². The summed E-state index contributed by atoms with van der Waals surface area (Å²) in [5, 5.41) is 10.9. The van der Waals surface area contributed by atoms with E-state index >= 15 is 0 Å². The zero-order valence-corrected chi connectivity index (χ0v) is 15.4. The maximum atomic E-state index is 13.5. The van der Waals surface area contributed by atoms with Crippen LogP contribution in [0.5, 0.6) is 0 Å².